The SMILES string of the molecule is CC(C)C1CCN(CCCC(=O)N2CCN(C(C)C)CC2)C1. The third-order valence-corrected chi connectivity index (χ3v) is 5.51. The lowest BCUT2D eigenvalue weighted by Gasteiger charge is -2.37. The monoisotopic (exact) mass is 309 g/mol. The maximum atomic E-state index is 12.3. The molecule has 1 atom stereocenters. The van der Waals surface area contributed by atoms with Crippen LogP contribution in [-0.4, -0.2) is 72.5 Å². The van der Waals surface area contributed by atoms with E-state index in [0.29, 0.717) is 11.9 Å². The summed E-state index contributed by atoms with van der Waals surface area (Å²) in [4.78, 5) is 19.4. The summed E-state index contributed by atoms with van der Waals surface area (Å²) < 4.78 is 0. The average molecular weight is 309 g/mol. The molecule has 2 heterocycles. The number of carbonyl (C=O) groups is 1. The molecule has 4 nitrogen and oxygen atoms in total. The van der Waals surface area contributed by atoms with Gasteiger partial charge in [-0.05, 0) is 51.6 Å². The molecule has 128 valence electrons. The van der Waals surface area contributed by atoms with Crippen LogP contribution in [0.4, 0.5) is 0 Å². The lowest BCUT2D eigenvalue weighted by atomic mass is 9.95. The fraction of sp³-hybridized carbons (Fsp3) is 0.944. The first-order valence-corrected chi connectivity index (χ1v) is 9.21. The average Bonchev–Trinajstić information content (AvgIpc) is 2.96. The number of piperazine rings is 1. The van der Waals surface area contributed by atoms with Crippen molar-refractivity contribution in [3.63, 3.8) is 0 Å². The van der Waals surface area contributed by atoms with Crippen LogP contribution in [0.25, 0.3) is 0 Å². The van der Waals surface area contributed by atoms with E-state index in [9.17, 15) is 4.79 Å². The minimum Gasteiger partial charge on any atom is -0.340 e. The molecule has 0 aromatic carbocycles. The van der Waals surface area contributed by atoms with Gasteiger partial charge in [0, 0.05) is 45.2 Å². The Labute approximate surface area is 136 Å². The van der Waals surface area contributed by atoms with Crippen molar-refractivity contribution in [3.05, 3.63) is 0 Å². The Morgan fingerprint density at radius 3 is 2.27 bits per heavy atom. The van der Waals surface area contributed by atoms with Crippen LogP contribution in [0.1, 0.15) is 47.0 Å². The van der Waals surface area contributed by atoms with Crippen molar-refractivity contribution in [1.82, 2.24) is 14.7 Å². The highest BCUT2D eigenvalue weighted by atomic mass is 16.2. The summed E-state index contributed by atoms with van der Waals surface area (Å²) in [6.07, 6.45) is 3.08. The summed E-state index contributed by atoms with van der Waals surface area (Å²) in [6.45, 7) is 16.6. The first-order chi connectivity index (χ1) is 10.5. The molecular weight excluding hydrogens is 274 g/mol. The zero-order chi connectivity index (χ0) is 16.1. The van der Waals surface area contributed by atoms with E-state index >= 15 is 0 Å². The summed E-state index contributed by atoms with van der Waals surface area (Å²) in [6, 6.07) is 0.598. The van der Waals surface area contributed by atoms with Crippen molar-refractivity contribution in [2.24, 2.45) is 11.8 Å². The smallest absolute Gasteiger partial charge is 0.222 e. The van der Waals surface area contributed by atoms with Gasteiger partial charge in [0.25, 0.3) is 0 Å². The molecule has 0 saturated carbocycles. The van der Waals surface area contributed by atoms with E-state index in [4.69, 9.17) is 0 Å². The van der Waals surface area contributed by atoms with Crippen molar-refractivity contribution >= 4 is 5.91 Å². The second-order valence-electron chi connectivity index (χ2n) is 7.71. The van der Waals surface area contributed by atoms with Crippen molar-refractivity contribution in [2.45, 2.75) is 53.0 Å². The second kappa shape index (κ2) is 8.30. The number of rotatable bonds is 6. The fourth-order valence-electron chi connectivity index (χ4n) is 3.71. The van der Waals surface area contributed by atoms with Gasteiger partial charge in [-0.1, -0.05) is 13.8 Å². The zero-order valence-electron chi connectivity index (χ0n) is 15.1. The van der Waals surface area contributed by atoms with Gasteiger partial charge in [-0.2, -0.15) is 0 Å². The Kier molecular flexibility index (Phi) is 6.69. The zero-order valence-corrected chi connectivity index (χ0v) is 15.1. The minimum absolute atomic E-state index is 0.364. The number of nitrogens with zero attached hydrogens (tertiary/aromatic N) is 3. The van der Waals surface area contributed by atoms with Crippen LogP contribution in [0.3, 0.4) is 0 Å². The molecule has 0 aromatic rings. The van der Waals surface area contributed by atoms with Gasteiger partial charge in [0.15, 0.2) is 0 Å². The summed E-state index contributed by atoms with van der Waals surface area (Å²) in [5, 5.41) is 0. The fourth-order valence-corrected chi connectivity index (χ4v) is 3.71. The standard InChI is InChI=1S/C18H35N3O/c1-15(2)17-7-9-19(14-17)8-5-6-18(22)21-12-10-20(11-13-21)16(3)4/h15-17H,5-14H2,1-4H3. The summed E-state index contributed by atoms with van der Waals surface area (Å²) in [5.41, 5.74) is 0. The Hall–Kier alpha value is -0.610. The summed E-state index contributed by atoms with van der Waals surface area (Å²) in [5.74, 6) is 2.02. The van der Waals surface area contributed by atoms with Gasteiger partial charge in [0.2, 0.25) is 5.91 Å². The second-order valence-corrected chi connectivity index (χ2v) is 7.71. The van der Waals surface area contributed by atoms with Crippen LogP contribution in [-0.2, 0) is 4.79 Å². The van der Waals surface area contributed by atoms with Gasteiger partial charge in [0.05, 0.1) is 0 Å². The van der Waals surface area contributed by atoms with Gasteiger partial charge in [-0.25, -0.2) is 0 Å². The molecule has 1 unspecified atom stereocenters. The quantitative estimate of drug-likeness (QED) is 0.753. The van der Waals surface area contributed by atoms with Crippen LogP contribution in [0.5, 0.6) is 0 Å². The molecule has 0 spiro atoms. The van der Waals surface area contributed by atoms with Gasteiger partial charge >= 0.3 is 0 Å². The van der Waals surface area contributed by atoms with E-state index in [-0.39, 0.29) is 0 Å². The molecule has 0 aliphatic carbocycles. The van der Waals surface area contributed by atoms with Crippen LogP contribution in [0, 0.1) is 11.8 Å². The van der Waals surface area contributed by atoms with Gasteiger partial charge in [0.1, 0.15) is 0 Å². The molecule has 0 N–H and O–H groups in total. The van der Waals surface area contributed by atoms with Crippen LogP contribution in [0.15, 0.2) is 0 Å². The summed E-state index contributed by atoms with van der Waals surface area (Å²) >= 11 is 0. The lowest BCUT2D eigenvalue weighted by molar-refractivity contribution is -0.133. The van der Waals surface area contributed by atoms with E-state index in [1.807, 2.05) is 0 Å². The predicted molar refractivity (Wildman–Crippen MR) is 91.9 cm³/mol. The van der Waals surface area contributed by atoms with Crippen molar-refractivity contribution < 1.29 is 4.79 Å². The highest BCUT2D eigenvalue weighted by molar-refractivity contribution is 5.76. The highest BCUT2D eigenvalue weighted by Gasteiger charge is 2.25. The Morgan fingerprint density at radius 2 is 1.73 bits per heavy atom. The highest BCUT2D eigenvalue weighted by Crippen LogP contribution is 2.23. The van der Waals surface area contributed by atoms with E-state index < -0.39 is 0 Å². The van der Waals surface area contributed by atoms with Crippen LogP contribution >= 0.6 is 0 Å². The third-order valence-electron chi connectivity index (χ3n) is 5.51. The van der Waals surface area contributed by atoms with Crippen molar-refractivity contribution in [3.8, 4) is 0 Å². The normalized spacial score (nSPS) is 24.6. The molecule has 22 heavy (non-hydrogen) atoms. The number of amides is 1. The Bertz CT molecular complexity index is 348. The van der Waals surface area contributed by atoms with E-state index in [1.54, 1.807) is 0 Å². The number of carbonyl (C=O) groups excluding carboxylic acids is 1. The molecule has 1 amide bonds. The third kappa shape index (κ3) is 4.95. The number of hydrogen-bond acceptors (Lipinski definition) is 3. The van der Waals surface area contributed by atoms with E-state index in [1.165, 1.54) is 19.5 Å². The Balaban J connectivity index is 1.61. The largest absolute Gasteiger partial charge is 0.340 e. The van der Waals surface area contributed by atoms with E-state index in [0.717, 1.165) is 57.4 Å². The van der Waals surface area contributed by atoms with Gasteiger partial charge in [-0.3, -0.25) is 9.69 Å². The van der Waals surface area contributed by atoms with Crippen molar-refractivity contribution in [1.29, 1.82) is 0 Å². The molecule has 0 radical (unpaired) electrons. The molecule has 2 aliphatic rings. The van der Waals surface area contributed by atoms with Crippen LogP contribution in [0.2, 0.25) is 0 Å². The van der Waals surface area contributed by atoms with Crippen LogP contribution < -0.4 is 0 Å². The van der Waals surface area contributed by atoms with Gasteiger partial charge in [-0.15, -0.1) is 0 Å². The number of likely N-dealkylation sites (tertiary alicyclic amines) is 1. The summed E-state index contributed by atoms with van der Waals surface area (Å²) in [7, 11) is 0. The maximum Gasteiger partial charge on any atom is 0.222 e. The molecule has 2 aliphatic heterocycles. The molecule has 2 fully saturated rings. The predicted octanol–water partition coefficient (Wildman–Crippen LogP) is 2.30. The topological polar surface area (TPSA) is 26.8 Å². The first-order valence-electron chi connectivity index (χ1n) is 9.21. The molecule has 2 rings (SSSR count). The molecule has 0 bridgehead atoms. The first kappa shape index (κ1) is 17.7. The maximum absolute atomic E-state index is 12.3. The van der Waals surface area contributed by atoms with Crippen molar-refractivity contribution in [2.75, 3.05) is 45.8 Å². The Morgan fingerprint density at radius 1 is 1.05 bits per heavy atom. The minimum atomic E-state index is 0.364. The van der Waals surface area contributed by atoms with E-state index in [2.05, 4.69) is 42.4 Å². The molecular formula is C18H35N3O. The molecule has 0 aromatic heterocycles. The van der Waals surface area contributed by atoms with Gasteiger partial charge < -0.3 is 9.80 Å². The molecule has 4 heteroatoms. The number of hydrogen-bond donors (Lipinski definition) is 0. The lowest BCUT2D eigenvalue weighted by Crippen LogP contribution is -2.50. The molecule has 2 saturated heterocycles.